The van der Waals surface area contributed by atoms with Gasteiger partial charge in [-0.25, -0.2) is 0 Å². The van der Waals surface area contributed by atoms with Gasteiger partial charge in [0.2, 0.25) is 0 Å². The third-order valence-corrected chi connectivity index (χ3v) is 5.98. The van der Waals surface area contributed by atoms with Gasteiger partial charge in [-0.05, 0) is 35.2 Å². The van der Waals surface area contributed by atoms with Crippen LogP contribution in [0.4, 0.5) is 17.1 Å². The van der Waals surface area contributed by atoms with Crippen LogP contribution in [-0.4, -0.2) is 22.1 Å². The number of nitrogens with zero attached hydrogens (tertiary/aromatic N) is 2. The second-order valence-electron chi connectivity index (χ2n) is 7.73. The number of nitrogens with one attached hydrogen (secondary N) is 1. The van der Waals surface area contributed by atoms with Crippen molar-refractivity contribution >= 4 is 17.1 Å². The van der Waals surface area contributed by atoms with Crippen LogP contribution in [0.25, 0.3) is 0 Å². The van der Waals surface area contributed by atoms with E-state index in [1.807, 2.05) is 6.92 Å². The lowest BCUT2D eigenvalue weighted by molar-refractivity contribution is -0.385. The van der Waals surface area contributed by atoms with Crippen molar-refractivity contribution in [3.63, 3.8) is 0 Å². The summed E-state index contributed by atoms with van der Waals surface area (Å²) >= 11 is 0. The number of phenols is 1. The Labute approximate surface area is 183 Å². The first-order chi connectivity index (χ1) is 15.3. The number of aromatic hydroxyl groups is 1. The first-order valence-electron chi connectivity index (χ1n) is 9.97. The van der Waals surface area contributed by atoms with Crippen LogP contribution in [-0.2, 0) is 0 Å². The van der Waals surface area contributed by atoms with Crippen LogP contribution < -0.4 is 10.1 Å². The van der Waals surface area contributed by atoms with Gasteiger partial charge in [0.05, 0.1) is 28.6 Å². The number of nitro benzene ring substituents is 2. The molecule has 0 fully saturated rings. The molecule has 1 aliphatic heterocycles. The number of fused-ring (bicyclic) bond motifs is 1. The van der Waals surface area contributed by atoms with Gasteiger partial charge >= 0.3 is 0 Å². The van der Waals surface area contributed by atoms with E-state index in [1.54, 1.807) is 36.4 Å². The highest BCUT2D eigenvalue weighted by Gasteiger charge is 2.39. The highest BCUT2D eigenvalue weighted by Crippen LogP contribution is 2.50. The largest absolute Gasteiger partial charge is 0.504 e. The molecule has 0 spiro atoms. The van der Waals surface area contributed by atoms with E-state index in [2.05, 4.69) is 5.32 Å². The van der Waals surface area contributed by atoms with Crippen LogP contribution in [0.2, 0.25) is 0 Å². The van der Waals surface area contributed by atoms with Gasteiger partial charge in [0.25, 0.3) is 11.4 Å². The highest BCUT2D eigenvalue weighted by molar-refractivity contribution is 5.65. The fraction of sp³-hybridized carbons (Fsp3) is 0.217. The fourth-order valence-electron chi connectivity index (χ4n) is 4.48. The van der Waals surface area contributed by atoms with Gasteiger partial charge in [-0.15, -0.1) is 0 Å². The summed E-state index contributed by atoms with van der Waals surface area (Å²) in [4.78, 5) is 22.2. The number of para-hydroxylation sites is 1. The maximum atomic E-state index is 11.7. The van der Waals surface area contributed by atoms with E-state index in [1.165, 1.54) is 31.4 Å². The second-order valence-corrected chi connectivity index (χ2v) is 7.73. The predicted molar refractivity (Wildman–Crippen MR) is 118 cm³/mol. The quantitative estimate of drug-likeness (QED) is 0.419. The summed E-state index contributed by atoms with van der Waals surface area (Å²) in [6, 6.07) is 15.6. The smallest absolute Gasteiger partial charge is 0.274 e. The molecule has 0 aromatic heterocycles. The normalized spacial score (nSPS) is 19.5. The summed E-state index contributed by atoms with van der Waals surface area (Å²) in [5.74, 6) is -0.305. The number of hydrogen-bond acceptors (Lipinski definition) is 7. The number of anilines is 1. The average molecular weight is 435 g/mol. The van der Waals surface area contributed by atoms with E-state index in [-0.39, 0.29) is 34.7 Å². The molecule has 1 aliphatic rings. The lowest BCUT2D eigenvalue weighted by Gasteiger charge is -2.39. The Balaban J connectivity index is 1.92. The first kappa shape index (κ1) is 21.1. The third kappa shape index (κ3) is 3.58. The first-order valence-corrected chi connectivity index (χ1v) is 9.97. The van der Waals surface area contributed by atoms with Gasteiger partial charge < -0.3 is 15.2 Å². The van der Waals surface area contributed by atoms with Crippen LogP contribution in [0.15, 0.2) is 60.7 Å². The van der Waals surface area contributed by atoms with E-state index in [4.69, 9.17) is 4.74 Å². The zero-order chi connectivity index (χ0) is 23.0. The summed E-state index contributed by atoms with van der Waals surface area (Å²) in [6.07, 6.45) is 0. The van der Waals surface area contributed by atoms with Crippen molar-refractivity contribution in [1.82, 2.24) is 0 Å². The minimum Gasteiger partial charge on any atom is -0.504 e. The lowest BCUT2D eigenvalue weighted by atomic mass is 9.72. The Morgan fingerprint density at radius 1 is 0.969 bits per heavy atom. The van der Waals surface area contributed by atoms with Gasteiger partial charge in [0, 0.05) is 29.8 Å². The van der Waals surface area contributed by atoms with Crippen molar-refractivity contribution in [2.75, 3.05) is 12.4 Å². The minimum atomic E-state index is -0.451. The number of benzene rings is 3. The van der Waals surface area contributed by atoms with Gasteiger partial charge in [-0.1, -0.05) is 31.2 Å². The Bertz CT molecular complexity index is 1210. The summed E-state index contributed by atoms with van der Waals surface area (Å²) in [5.41, 5.74) is 2.63. The van der Waals surface area contributed by atoms with Crippen molar-refractivity contribution in [2.45, 2.75) is 18.9 Å². The molecule has 9 nitrogen and oxygen atoms in total. The molecular weight excluding hydrogens is 414 g/mol. The molecule has 9 heteroatoms. The predicted octanol–water partition coefficient (Wildman–Crippen LogP) is 5.15. The number of non-ortho nitro benzene ring substituents is 1. The van der Waals surface area contributed by atoms with Crippen molar-refractivity contribution in [2.24, 2.45) is 5.92 Å². The summed E-state index contributed by atoms with van der Waals surface area (Å²) < 4.78 is 5.26. The van der Waals surface area contributed by atoms with E-state index < -0.39 is 15.9 Å². The van der Waals surface area contributed by atoms with Gasteiger partial charge in [0.1, 0.15) is 0 Å². The maximum Gasteiger partial charge on any atom is 0.274 e. The van der Waals surface area contributed by atoms with Crippen LogP contribution in [0.5, 0.6) is 11.5 Å². The molecule has 0 bridgehead atoms. The number of nitro groups is 2. The molecule has 0 saturated heterocycles. The number of hydrogen-bond donors (Lipinski definition) is 2. The third-order valence-electron chi connectivity index (χ3n) is 5.98. The van der Waals surface area contributed by atoms with Crippen molar-refractivity contribution in [3.8, 4) is 11.5 Å². The SMILES string of the molecule is COc1cc([C@@H]2c3cc([N+](=O)[O-])ccc3N[C@H](c3ccccc3[N+](=O)[O-])[C@H]2C)ccc1O. The summed E-state index contributed by atoms with van der Waals surface area (Å²) in [7, 11) is 1.44. The number of rotatable bonds is 5. The number of phenolic OH excluding ortho intramolecular Hbond substituents is 1. The van der Waals surface area contributed by atoms with Crippen LogP contribution in [0, 0.1) is 26.1 Å². The van der Waals surface area contributed by atoms with E-state index >= 15 is 0 Å². The maximum absolute atomic E-state index is 11.7. The molecule has 164 valence electrons. The molecule has 0 amide bonds. The van der Waals surface area contributed by atoms with E-state index in [9.17, 15) is 25.3 Å². The highest BCUT2D eigenvalue weighted by atomic mass is 16.6. The molecule has 32 heavy (non-hydrogen) atoms. The molecule has 0 aliphatic carbocycles. The zero-order valence-corrected chi connectivity index (χ0v) is 17.4. The molecule has 3 aromatic carbocycles. The molecule has 3 aromatic rings. The van der Waals surface area contributed by atoms with Gasteiger partial charge in [-0.2, -0.15) is 0 Å². The van der Waals surface area contributed by atoms with Crippen LogP contribution >= 0.6 is 0 Å². The minimum absolute atomic E-state index is 0.00393. The lowest BCUT2D eigenvalue weighted by Crippen LogP contribution is -2.31. The van der Waals surface area contributed by atoms with Crippen LogP contribution in [0.3, 0.4) is 0 Å². The van der Waals surface area contributed by atoms with Crippen molar-refractivity contribution in [3.05, 3.63) is 97.6 Å². The molecule has 2 N–H and O–H groups in total. The summed E-state index contributed by atoms with van der Waals surface area (Å²) in [5, 5.41) is 36.5. The number of methoxy groups -OCH3 is 1. The Kier molecular flexibility index (Phi) is 5.40. The van der Waals surface area contributed by atoms with Crippen LogP contribution in [0.1, 0.15) is 35.6 Å². The second kappa shape index (κ2) is 8.18. The summed E-state index contributed by atoms with van der Waals surface area (Å²) in [6.45, 7) is 1.94. The van der Waals surface area contributed by atoms with E-state index in [0.29, 0.717) is 16.8 Å². The Morgan fingerprint density at radius 3 is 2.41 bits per heavy atom. The Hall–Kier alpha value is -4.14. The van der Waals surface area contributed by atoms with Crippen molar-refractivity contribution in [1.29, 1.82) is 0 Å². The molecule has 0 unspecified atom stereocenters. The monoisotopic (exact) mass is 435 g/mol. The zero-order valence-electron chi connectivity index (χ0n) is 17.4. The van der Waals surface area contributed by atoms with Gasteiger partial charge in [-0.3, -0.25) is 20.2 Å². The standard InChI is InChI=1S/C23H21N3O6/c1-13-22(14-7-10-20(27)21(11-14)32-2)17-12-15(25(28)29)8-9-18(17)24-23(13)16-5-3-4-6-19(16)26(30)31/h3-13,22-24,27H,1-2H3/t13-,22+,23-/m0/s1. The number of ether oxygens (including phenoxy) is 1. The Morgan fingerprint density at radius 2 is 1.72 bits per heavy atom. The average Bonchev–Trinajstić information content (AvgIpc) is 2.79. The van der Waals surface area contributed by atoms with Gasteiger partial charge in [0.15, 0.2) is 11.5 Å². The fourth-order valence-corrected chi connectivity index (χ4v) is 4.48. The molecule has 4 rings (SSSR count). The van der Waals surface area contributed by atoms with Crippen molar-refractivity contribution < 1.29 is 19.7 Å². The van der Waals surface area contributed by atoms with E-state index in [0.717, 1.165) is 5.56 Å². The molecule has 3 atom stereocenters. The molecular formula is C23H21N3O6. The molecule has 0 saturated carbocycles. The topological polar surface area (TPSA) is 128 Å². The molecule has 0 radical (unpaired) electrons. The molecule has 1 heterocycles.